The van der Waals surface area contributed by atoms with Crippen molar-refractivity contribution in [3.8, 4) is 56.4 Å². The Kier molecular flexibility index (Phi) is 7.50. The minimum absolute atomic E-state index is 0.631. The van der Waals surface area contributed by atoms with E-state index >= 15 is 0 Å². The third-order valence-electron chi connectivity index (χ3n) is 11.7. The fraction of sp³-hybridized carbons (Fsp3) is 0. The first kappa shape index (κ1) is 33.2. The van der Waals surface area contributed by atoms with Crippen molar-refractivity contribution >= 4 is 65.0 Å². The van der Waals surface area contributed by atoms with Crippen LogP contribution >= 0.6 is 0 Å². The molecule has 0 aliphatic carbocycles. The van der Waals surface area contributed by atoms with Gasteiger partial charge in [-0.2, -0.15) is 0 Å². The quantitative estimate of drug-likeness (QED) is 0.164. The zero-order valence-electron chi connectivity index (χ0n) is 31.8. The van der Waals surface area contributed by atoms with Crippen LogP contribution in [0.5, 0.6) is 0 Å². The fourth-order valence-electron chi connectivity index (χ4n) is 8.85. The second-order valence-corrected chi connectivity index (χ2v) is 15.1. The van der Waals surface area contributed by atoms with Crippen molar-refractivity contribution in [2.75, 3.05) is 0 Å². The first-order valence-electron chi connectivity index (χ1n) is 19.9. The minimum atomic E-state index is 0.631. The molecule has 10 aromatic carbocycles. The van der Waals surface area contributed by atoms with E-state index in [4.69, 9.17) is 19.4 Å². The lowest BCUT2D eigenvalue weighted by Crippen LogP contribution is -2.00. The van der Waals surface area contributed by atoms with Crippen LogP contribution in [-0.2, 0) is 0 Å². The molecule has 0 aliphatic rings. The first-order chi connectivity index (χ1) is 29.2. The van der Waals surface area contributed by atoms with Gasteiger partial charge in [0.25, 0.3) is 0 Å². The van der Waals surface area contributed by atoms with Gasteiger partial charge in [0.05, 0.1) is 0 Å². The lowest BCUT2D eigenvalue weighted by Gasteiger charge is -2.12. The highest BCUT2D eigenvalue weighted by molar-refractivity contribution is 6.23. The van der Waals surface area contributed by atoms with Gasteiger partial charge in [0, 0.05) is 32.8 Å². The molecule has 12 rings (SSSR count). The van der Waals surface area contributed by atoms with Gasteiger partial charge in [0.1, 0.15) is 11.2 Å². The number of aromatic nitrogens is 3. The van der Waals surface area contributed by atoms with E-state index in [1.54, 1.807) is 0 Å². The lowest BCUT2D eigenvalue weighted by atomic mass is 9.91. The normalized spacial score (nSPS) is 11.7. The van der Waals surface area contributed by atoms with Crippen LogP contribution < -0.4 is 0 Å². The molecule has 0 atom stereocenters. The average molecular weight is 752 g/mol. The van der Waals surface area contributed by atoms with Gasteiger partial charge in [0.15, 0.2) is 17.5 Å². The molecule has 12 aromatic rings. The highest BCUT2D eigenvalue weighted by atomic mass is 16.3. The second kappa shape index (κ2) is 13.3. The number of hydrogen-bond acceptors (Lipinski definition) is 4. The molecule has 0 N–H and O–H groups in total. The Morgan fingerprint density at radius 3 is 1.51 bits per heavy atom. The largest absolute Gasteiger partial charge is 0.455 e. The SMILES string of the molecule is c1ccc(-c2nc(-c3ccccc3)nc(-c3ccc(-c4cc5c(oc6cccc(-c7ccc8ccc9c%10ccccc%10ccc9c8c7)c65)c5ccccc45)cc3)n2)cc1. The van der Waals surface area contributed by atoms with Crippen molar-refractivity contribution in [3.63, 3.8) is 0 Å². The molecule has 0 spiro atoms. The number of hydrogen-bond donors (Lipinski definition) is 0. The molecule has 0 unspecified atom stereocenters. The molecule has 2 aromatic heterocycles. The standard InChI is InChI=1S/C55H33N3O/c1-3-13-37(14-4-1)53-56-54(38-15-5-2-6-16-38)58-55(57-53)39-25-22-35(23-26-39)48-33-49-51-42(20-11-21-50(51)59-52(49)46-19-10-9-18-43(46)48)40-27-24-36-29-30-44-41-17-8-7-12-34(41)28-31-45(44)47(36)32-40/h1-33H. The van der Waals surface area contributed by atoms with Crippen molar-refractivity contribution in [1.82, 2.24) is 15.0 Å². The molecule has 4 heteroatoms. The van der Waals surface area contributed by atoms with Crippen LogP contribution in [0, 0.1) is 0 Å². The summed E-state index contributed by atoms with van der Waals surface area (Å²) in [5.74, 6) is 1.92. The minimum Gasteiger partial charge on any atom is -0.455 e. The predicted octanol–water partition coefficient (Wildman–Crippen LogP) is 14.7. The molecular formula is C55H33N3O. The van der Waals surface area contributed by atoms with Crippen LogP contribution in [-0.4, -0.2) is 15.0 Å². The lowest BCUT2D eigenvalue weighted by molar-refractivity contribution is 0.673. The van der Waals surface area contributed by atoms with Crippen LogP contribution in [0.3, 0.4) is 0 Å². The van der Waals surface area contributed by atoms with E-state index in [0.717, 1.165) is 71.7 Å². The van der Waals surface area contributed by atoms with Gasteiger partial charge in [-0.25, -0.2) is 15.0 Å². The molecule has 2 heterocycles. The number of fused-ring (bicyclic) bond motifs is 10. The molecule has 0 saturated heterocycles. The smallest absolute Gasteiger partial charge is 0.164 e. The maximum atomic E-state index is 6.77. The summed E-state index contributed by atoms with van der Waals surface area (Å²) in [6.45, 7) is 0. The summed E-state index contributed by atoms with van der Waals surface area (Å²) in [5, 5.41) is 11.9. The first-order valence-corrected chi connectivity index (χ1v) is 19.9. The Morgan fingerprint density at radius 2 is 0.814 bits per heavy atom. The molecule has 0 fully saturated rings. The van der Waals surface area contributed by atoms with Crippen molar-refractivity contribution in [2.24, 2.45) is 0 Å². The number of rotatable bonds is 5. The molecule has 4 nitrogen and oxygen atoms in total. The van der Waals surface area contributed by atoms with Gasteiger partial charge >= 0.3 is 0 Å². The van der Waals surface area contributed by atoms with Crippen LogP contribution in [0.25, 0.3) is 121 Å². The van der Waals surface area contributed by atoms with E-state index in [2.05, 4.69) is 140 Å². The molecule has 0 amide bonds. The summed E-state index contributed by atoms with van der Waals surface area (Å²) >= 11 is 0. The zero-order chi connectivity index (χ0) is 38.9. The Bertz CT molecular complexity index is 3540. The van der Waals surface area contributed by atoms with Crippen molar-refractivity contribution in [1.29, 1.82) is 0 Å². The Balaban J connectivity index is 1.01. The predicted molar refractivity (Wildman–Crippen MR) is 244 cm³/mol. The van der Waals surface area contributed by atoms with Crippen molar-refractivity contribution in [2.45, 2.75) is 0 Å². The summed E-state index contributed by atoms with van der Waals surface area (Å²) in [7, 11) is 0. The van der Waals surface area contributed by atoms with Gasteiger partial charge in [-0.05, 0) is 78.2 Å². The van der Waals surface area contributed by atoms with Crippen molar-refractivity contribution < 1.29 is 4.42 Å². The summed E-state index contributed by atoms with van der Waals surface area (Å²) in [6, 6.07) is 70.6. The monoisotopic (exact) mass is 751 g/mol. The molecule has 59 heavy (non-hydrogen) atoms. The molecule has 274 valence electrons. The van der Waals surface area contributed by atoms with E-state index in [1.165, 1.54) is 32.3 Å². The maximum absolute atomic E-state index is 6.77. The van der Waals surface area contributed by atoms with Crippen LogP contribution in [0.4, 0.5) is 0 Å². The maximum Gasteiger partial charge on any atom is 0.164 e. The van der Waals surface area contributed by atoms with Gasteiger partial charge in [-0.1, -0.05) is 182 Å². The van der Waals surface area contributed by atoms with Crippen LogP contribution in [0.1, 0.15) is 0 Å². The van der Waals surface area contributed by atoms with Crippen molar-refractivity contribution in [3.05, 3.63) is 200 Å². The molecular weight excluding hydrogens is 719 g/mol. The Labute approximate surface area is 339 Å². The number of furan rings is 1. The van der Waals surface area contributed by atoms with Gasteiger partial charge in [0.2, 0.25) is 0 Å². The van der Waals surface area contributed by atoms with E-state index in [-0.39, 0.29) is 0 Å². The summed E-state index contributed by atoms with van der Waals surface area (Å²) in [6.07, 6.45) is 0. The summed E-state index contributed by atoms with van der Waals surface area (Å²) < 4.78 is 6.77. The second-order valence-electron chi connectivity index (χ2n) is 15.1. The van der Waals surface area contributed by atoms with Gasteiger partial charge in [-0.3, -0.25) is 0 Å². The third-order valence-corrected chi connectivity index (χ3v) is 11.7. The van der Waals surface area contributed by atoms with E-state index in [9.17, 15) is 0 Å². The molecule has 0 aliphatic heterocycles. The molecule has 0 radical (unpaired) electrons. The number of nitrogens with zero attached hydrogens (tertiary/aromatic N) is 3. The zero-order valence-corrected chi connectivity index (χ0v) is 31.8. The fourth-order valence-corrected chi connectivity index (χ4v) is 8.85. The van der Waals surface area contributed by atoms with E-state index in [0.29, 0.717) is 17.5 Å². The topological polar surface area (TPSA) is 51.8 Å². The average Bonchev–Trinajstić information content (AvgIpc) is 3.71. The Morgan fingerprint density at radius 1 is 0.288 bits per heavy atom. The molecule has 0 saturated carbocycles. The highest BCUT2D eigenvalue weighted by Gasteiger charge is 2.19. The van der Waals surface area contributed by atoms with Crippen LogP contribution in [0.15, 0.2) is 205 Å². The van der Waals surface area contributed by atoms with E-state index in [1.807, 2.05) is 60.7 Å². The van der Waals surface area contributed by atoms with E-state index < -0.39 is 0 Å². The summed E-state index contributed by atoms with van der Waals surface area (Å²) in [5.41, 5.74) is 9.13. The summed E-state index contributed by atoms with van der Waals surface area (Å²) in [4.78, 5) is 14.8. The molecule has 0 bridgehead atoms. The van der Waals surface area contributed by atoms with Gasteiger partial charge < -0.3 is 4.42 Å². The highest BCUT2D eigenvalue weighted by Crippen LogP contribution is 2.44. The third kappa shape index (κ3) is 5.49. The van der Waals surface area contributed by atoms with Crippen LogP contribution in [0.2, 0.25) is 0 Å². The number of benzene rings is 10. The Hall–Kier alpha value is -7.95. The van der Waals surface area contributed by atoms with Gasteiger partial charge in [-0.15, -0.1) is 0 Å².